The van der Waals surface area contributed by atoms with Crippen LogP contribution in [0.4, 0.5) is 0 Å². The van der Waals surface area contributed by atoms with E-state index in [-0.39, 0.29) is 6.04 Å². The van der Waals surface area contributed by atoms with E-state index in [1.165, 1.54) is 6.42 Å². The maximum atomic E-state index is 6.11. The highest BCUT2D eigenvalue weighted by molar-refractivity contribution is 5.05. The van der Waals surface area contributed by atoms with Gasteiger partial charge in [-0.25, -0.2) is 0 Å². The Labute approximate surface area is 121 Å². The Morgan fingerprint density at radius 3 is 2.85 bits per heavy atom. The van der Waals surface area contributed by atoms with E-state index in [1.807, 2.05) is 0 Å². The van der Waals surface area contributed by atoms with Crippen molar-refractivity contribution in [1.82, 2.24) is 10.1 Å². The van der Waals surface area contributed by atoms with Gasteiger partial charge < -0.3 is 15.0 Å². The van der Waals surface area contributed by atoms with Gasteiger partial charge in [0.15, 0.2) is 0 Å². The van der Waals surface area contributed by atoms with E-state index in [2.05, 4.69) is 30.9 Å². The predicted octanol–water partition coefficient (Wildman–Crippen LogP) is 3.17. The van der Waals surface area contributed by atoms with Crippen LogP contribution in [0.5, 0.6) is 0 Å². The summed E-state index contributed by atoms with van der Waals surface area (Å²) < 4.78 is 11.2. The summed E-state index contributed by atoms with van der Waals surface area (Å²) in [7, 11) is 1.74. The first kappa shape index (κ1) is 15.4. The number of methoxy groups -OCH3 is 1. The Kier molecular flexibility index (Phi) is 4.81. The van der Waals surface area contributed by atoms with Crippen molar-refractivity contribution in [3.05, 3.63) is 11.7 Å². The molecule has 1 saturated carbocycles. The molecule has 1 heterocycles. The fourth-order valence-corrected chi connectivity index (χ4v) is 3.16. The standard InChI is InChI=1S/C15H27N3O2/c1-10(2)8-12(16)13-17-14(18-20-13)15(19-4)7-5-6-11(3)9-15/h10-12H,5-9,16H2,1-4H3/t11?,12-,15?/m0/s1. The highest BCUT2D eigenvalue weighted by atomic mass is 16.5. The fourth-order valence-electron chi connectivity index (χ4n) is 3.16. The van der Waals surface area contributed by atoms with Crippen molar-refractivity contribution in [1.29, 1.82) is 0 Å². The summed E-state index contributed by atoms with van der Waals surface area (Å²) in [6.07, 6.45) is 5.12. The van der Waals surface area contributed by atoms with Gasteiger partial charge in [0, 0.05) is 7.11 Å². The van der Waals surface area contributed by atoms with Crippen LogP contribution < -0.4 is 5.73 Å². The maximum Gasteiger partial charge on any atom is 0.243 e. The average molecular weight is 281 g/mol. The molecule has 20 heavy (non-hydrogen) atoms. The molecule has 0 saturated heterocycles. The lowest BCUT2D eigenvalue weighted by Crippen LogP contribution is -2.35. The van der Waals surface area contributed by atoms with Crippen LogP contribution in [0.25, 0.3) is 0 Å². The number of aromatic nitrogens is 2. The van der Waals surface area contributed by atoms with Crippen molar-refractivity contribution in [2.24, 2.45) is 17.6 Å². The largest absolute Gasteiger partial charge is 0.370 e. The summed E-state index contributed by atoms with van der Waals surface area (Å²) in [5.41, 5.74) is 5.72. The van der Waals surface area contributed by atoms with Gasteiger partial charge >= 0.3 is 0 Å². The predicted molar refractivity (Wildman–Crippen MR) is 77.0 cm³/mol. The van der Waals surface area contributed by atoms with Crippen LogP contribution in [0, 0.1) is 11.8 Å². The van der Waals surface area contributed by atoms with Gasteiger partial charge in [-0.3, -0.25) is 0 Å². The van der Waals surface area contributed by atoms with Gasteiger partial charge in [0.2, 0.25) is 11.7 Å². The molecule has 2 unspecified atom stereocenters. The van der Waals surface area contributed by atoms with E-state index in [0.717, 1.165) is 25.7 Å². The lowest BCUT2D eigenvalue weighted by molar-refractivity contribution is -0.0658. The van der Waals surface area contributed by atoms with E-state index in [4.69, 9.17) is 15.0 Å². The number of rotatable bonds is 5. The quantitative estimate of drug-likeness (QED) is 0.897. The molecule has 1 aromatic rings. The second-order valence-electron chi connectivity index (χ2n) is 6.59. The summed E-state index contributed by atoms with van der Waals surface area (Å²) in [6, 6.07) is -0.189. The number of nitrogens with zero attached hydrogens (tertiary/aromatic N) is 2. The van der Waals surface area contributed by atoms with Gasteiger partial charge in [-0.05, 0) is 37.5 Å². The maximum absolute atomic E-state index is 6.11. The fraction of sp³-hybridized carbons (Fsp3) is 0.867. The van der Waals surface area contributed by atoms with Gasteiger partial charge in [-0.15, -0.1) is 0 Å². The van der Waals surface area contributed by atoms with Crippen molar-refractivity contribution in [3.63, 3.8) is 0 Å². The van der Waals surface area contributed by atoms with Gasteiger partial charge in [-0.1, -0.05) is 32.3 Å². The molecule has 0 amide bonds. The smallest absolute Gasteiger partial charge is 0.243 e. The molecule has 0 radical (unpaired) electrons. The Bertz CT molecular complexity index is 433. The third-order valence-electron chi connectivity index (χ3n) is 4.24. The number of ether oxygens (including phenoxy) is 1. The summed E-state index contributed by atoms with van der Waals surface area (Å²) in [4.78, 5) is 4.54. The molecule has 2 rings (SSSR count). The number of hydrogen-bond acceptors (Lipinski definition) is 5. The molecule has 5 nitrogen and oxygen atoms in total. The summed E-state index contributed by atoms with van der Waals surface area (Å²) in [6.45, 7) is 6.52. The van der Waals surface area contributed by atoms with Gasteiger partial charge in [0.25, 0.3) is 0 Å². The zero-order valence-electron chi connectivity index (χ0n) is 13.1. The molecule has 3 atom stereocenters. The Morgan fingerprint density at radius 1 is 1.50 bits per heavy atom. The molecule has 1 aliphatic rings. The highest BCUT2D eigenvalue weighted by Crippen LogP contribution is 2.41. The van der Waals surface area contributed by atoms with Crippen LogP contribution in [0.15, 0.2) is 4.52 Å². The Hall–Kier alpha value is -0.940. The van der Waals surface area contributed by atoms with E-state index >= 15 is 0 Å². The van der Waals surface area contributed by atoms with Gasteiger partial charge in [0.05, 0.1) is 6.04 Å². The summed E-state index contributed by atoms with van der Waals surface area (Å²) in [5, 5.41) is 4.15. The summed E-state index contributed by atoms with van der Waals surface area (Å²) >= 11 is 0. The molecule has 0 aromatic carbocycles. The minimum absolute atomic E-state index is 0.189. The normalized spacial score (nSPS) is 28.8. The molecule has 5 heteroatoms. The van der Waals surface area contributed by atoms with Crippen LogP contribution in [0.2, 0.25) is 0 Å². The lowest BCUT2D eigenvalue weighted by atomic mass is 9.78. The topological polar surface area (TPSA) is 74.2 Å². The molecule has 2 N–H and O–H groups in total. The molecule has 1 fully saturated rings. The van der Waals surface area contributed by atoms with Crippen LogP contribution in [-0.2, 0) is 10.3 Å². The lowest BCUT2D eigenvalue weighted by Gasteiger charge is -2.36. The SMILES string of the molecule is COC1(c2noc([C@@H](N)CC(C)C)n2)CCCC(C)C1. The minimum Gasteiger partial charge on any atom is -0.370 e. The number of hydrogen-bond donors (Lipinski definition) is 1. The molecular formula is C15H27N3O2. The first-order valence-corrected chi connectivity index (χ1v) is 7.61. The second-order valence-corrected chi connectivity index (χ2v) is 6.59. The van der Waals surface area contributed by atoms with Crippen LogP contribution >= 0.6 is 0 Å². The van der Waals surface area contributed by atoms with Crippen LogP contribution in [-0.4, -0.2) is 17.3 Å². The van der Waals surface area contributed by atoms with E-state index in [9.17, 15) is 0 Å². The molecule has 0 spiro atoms. The zero-order chi connectivity index (χ0) is 14.8. The highest BCUT2D eigenvalue weighted by Gasteiger charge is 2.41. The second kappa shape index (κ2) is 6.22. The first-order chi connectivity index (χ1) is 9.47. The third kappa shape index (κ3) is 3.20. The van der Waals surface area contributed by atoms with E-state index < -0.39 is 5.60 Å². The Balaban J connectivity index is 2.17. The van der Waals surface area contributed by atoms with Crippen LogP contribution in [0.1, 0.15) is 70.6 Å². The third-order valence-corrected chi connectivity index (χ3v) is 4.24. The molecule has 114 valence electrons. The van der Waals surface area contributed by atoms with Crippen molar-refractivity contribution in [2.75, 3.05) is 7.11 Å². The van der Waals surface area contributed by atoms with Gasteiger partial charge in [0.1, 0.15) is 5.60 Å². The molecule has 0 bridgehead atoms. The van der Waals surface area contributed by atoms with Crippen molar-refractivity contribution in [2.45, 2.75) is 64.5 Å². The number of nitrogens with two attached hydrogens (primary N) is 1. The van der Waals surface area contributed by atoms with Gasteiger partial charge in [-0.2, -0.15) is 4.98 Å². The average Bonchev–Trinajstić information content (AvgIpc) is 2.88. The summed E-state index contributed by atoms with van der Waals surface area (Å²) in [5.74, 6) is 2.32. The van der Waals surface area contributed by atoms with Crippen LogP contribution in [0.3, 0.4) is 0 Å². The molecule has 1 aromatic heterocycles. The van der Waals surface area contributed by atoms with Crippen molar-refractivity contribution < 1.29 is 9.26 Å². The monoisotopic (exact) mass is 281 g/mol. The van der Waals surface area contributed by atoms with Crippen molar-refractivity contribution >= 4 is 0 Å². The van der Waals surface area contributed by atoms with E-state index in [0.29, 0.717) is 23.6 Å². The molecule has 0 aliphatic heterocycles. The molecular weight excluding hydrogens is 254 g/mol. The Morgan fingerprint density at radius 2 is 2.25 bits per heavy atom. The first-order valence-electron chi connectivity index (χ1n) is 7.61. The van der Waals surface area contributed by atoms with E-state index in [1.54, 1.807) is 7.11 Å². The minimum atomic E-state index is -0.392. The molecule has 1 aliphatic carbocycles. The van der Waals surface area contributed by atoms with Crippen molar-refractivity contribution in [3.8, 4) is 0 Å². The zero-order valence-corrected chi connectivity index (χ0v) is 13.1.